The molecular formula is C35H36Cl2N8O3. The van der Waals surface area contributed by atoms with Crippen molar-refractivity contribution in [1.82, 2.24) is 24.5 Å². The Balaban J connectivity index is 1.21. The van der Waals surface area contributed by atoms with Crippen LogP contribution in [0.1, 0.15) is 25.7 Å². The van der Waals surface area contributed by atoms with Crippen molar-refractivity contribution >= 4 is 68.5 Å². The zero-order valence-electron chi connectivity index (χ0n) is 26.8. The molecule has 5 heterocycles. The van der Waals surface area contributed by atoms with Gasteiger partial charge in [-0.1, -0.05) is 29.8 Å². The number of aromatic nitrogens is 4. The van der Waals surface area contributed by atoms with Gasteiger partial charge in [-0.15, -0.1) is 0 Å². The number of nitrogens with zero attached hydrogens (tertiary/aromatic N) is 6. The van der Waals surface area contributed by atoms with Gasteiger partial charge in [-0.2, -0.15) is 5.10 Å². The Kier molecular flexibility index (Phi) is 9.00. The molecule has 0 bridgehead atoms. The monoisotopic (exact) mass is 686 g/mol. The van der Waals surface area contributed by atoms with Crippen LogP contribution in [-0.2, 0) is 4.79 Å². The van der Waals surface area contributed by atoms with E-state index in [1.54, 1.807) is 16.8 Å². The van der Waals surface area contributed by atoms with Gasteiger partial charge in [-0.3, -0.25) is 4.79 Å². The Bertz CT molecular complexity index is 1990. The highest BCUT2D eigenvalue weighted by atomic mass is 35.5. The SMILES string of the molecule is C=CC(=O)Nc1cc(N2CCC(N3CCCC3)CC2)ccc1Nc1cc2c(cn1)cc(-c1c(Cl)c(OC)cc(OC)c1Cl)c1ncnn12. The highest BCUT2D eigenvalue weighted by molar-refractivity contribution is 6.41. The summed E-state index contributed by atoms with van der Waals surface area (Å²) < 4.78 is 12.7. The van der Waals surface area contributed by atoms with Crippen LogP contribution in [0.2, 0.25) is 10.0 Å². The van der Waals surface area contributed by atoms with E-state index in [0.29, 0.717) is 61.6 Å². The molecule has 5 aromatic rings. The van der Waals surface area contributed by atoms with E-state index in [2.05, 4.69) is 43.2 Å². The molecule has 13 heteroatoms. The normalized spacial score (nSPS) is 15.6. The van der Waals surface area contributed by atoms with E-state index in [9.17, 15) is 4.79 Å². The molecule has 48 heavy (non-hydrogen) atoms. The Morgan fingerprint density at radius 3 is 2.38 bits per heavy atom. The first kappa shape index (κ1) is 32.0. The number of carbonyl (C=O) groups excluding carboxylic acids is 1. The molecule has 2 fully saturated rings. The molecule has 1 amide bonds. The van der Waals surface area contributed by atoms with Crippen LogP contribution in [0.3, 0.4) is 0 Å². The Labute approximate surface area is 288 Å². The molecule has 0 saturated carbocycles. The second-order valence-corrected chi connectivity index (χ2v) is 12.7. The van der Waals surface area contributed by atoms with Crippen LogP contribution in [0.15, 0.2) is 61.6 Å². The average molecular weight is 688 g/mol. The maximum absolute atomic E-state index is 12.5. The average Bonchev–Trinajstić information content (AvgIpc) is 3.83. The summed E-state index contributed by atoms with van der Waals surface area (Å²) in [6, 6.07) is 12.2. The van der Waals surface area contributed by atoms with Crippen molar-refractivity contribution in [2.75, 3.05) is 55.9 Å². The lowest BCUT2D eigenvalue weighted by Gasteiger charge is -2.38. The number of rotatable bonds is 9. The van der Waals surface area contributed by atoms with Crippen LogP contribution in [-0.4, -0.2) is 76.8 Å². The molecule has 3 aromatic heterocycles. The Morgan fingerprint density at radius 2 is 1.69 bits per heavy atom. The van der Waals surface area contributed by atoms with Crippen LogP contribution >= 0.6 is 23.2 Å². The summed E-state index contributed by atoms with van der Waals surface area (Å²) in [6.07, 6.45) is 9.36. The summed E-state index contributed by atoms with van der Waals surface area (Å²) >= 11 is 13.6. The topological polar surface area (TPSA) is 109 Å². The maximum atomic E-state index is 12.5. The zero-order valence-corrected chi connectivity index (χ0v) is 28.3. The number of pyridine rings is 2. The van der Waals surface area contributed by atoms with E-state index in [-0.39, 0.29) is 5.91 Å². The van der Waals surface area contributed by atoms with Gasteiger partial charge in [0.25, 0.3) is 0 Å². The van der Waals surface area contributed by atoms with E-state index < -0.39 is 0 Å². The molecule has 0 unspecified atom stereocenters. The van der Waals surface area contributed by atoms with E-state index in [4.69, 9.17) is 37.7 Å². The quantitative estimate of drug-likeness (QED) is 0.156. The van der Waals surface area contributed by atoms with Crippen LogP contribution < -0.4 is 25.0 Å². The van der Waals surface area contributed by atoms with E-state index in [1.165, 1.54) is 52.6 Å². The number of amides is 1. The van der Waals surface area contributed by atoms with Crippen molar-refractivity contribution < 1.29 is 14.3 Å². The lowest BCUT2D eigenvalue weighted by atomic mass is 10.0. The smallest absolute Gasteiger partial charge is 0.247 e. The van der Waals surface area contributed by atoms with Gasteiger partial charge < -0.3 is 29.9 Å². The predicted molar refractivity (Wildman–Crippen MR) is 191 cm³/mol. The van der Waals surface area contributed by atoms with Gasteiger partial charge in [0.15, 0.2) is 5.65 Å². The standard InChI is InChI=1S/C35H36Cl2N8O3/c1-4-31(46)42-26-16-23(44-13-9-22(10-14-44)43-11-5-6-12-43)7-8-25(26)41-30-17-27-21(19-38-30)15-24(35-39-20-40-45(27)35)32-33(36)28(47-2)18-29(48-3)34(32)37/h4,7-8,15-20,22H,1,5-6,9-14H2,2-3H3,(H,38,41)(H,42,46). The van der Waals surface area contributed by atoms with E-state index in [0.717, 1.165) is 42.5 Å². The number of fused-ring (bicyclic) bond motifs is 3. The molecular weight excluding hydrogens is 651 g/mol. The third-order valence-electron chi connectivity index (χ3n) is 9.27. The van der Waals surface area contributed by atoms with Crippen molar-refractivity contribution in [3.05, 3.63) is 71.6 Å². The predicted octanol–water partition coefficient (Wildman–Crippen LogP) is 7.20. The number of ether oxygens (including phenoxy) is 2. The third-order valence-corrected chi connectivity index (χ3v) is 10.0. The lowest BCUT2D eigenvalue weighted by molar-refractivity contribution is -0.111. The molecule has 2 aliphatic heterocycles. The van der Waals surface area contributed by atoms with E-state index in [1.807, 2.05) is 24.3 Å². The summed E-state index contributed by atoms with van der Waals surface area (Å²) in [6.45, 7) is 8.03. The summed E-state index contributed by atoms with van der Waals surface area (Å²) in [7, 11) is 3.06. The summed E-state index contributed by atoms with van der Waals surface area (Å²) in [5.41, 5.74) is 4.84. The summed E-state index contributed by atoms with van der Waals surface area (Å²) in [4.78, 5) is 26.8. The van der Waals surface area contributed by atoms with Crippen molar-refractivity contribution in [2.45, 2.75) is 31.7 Å². The molecule has 0 atom stereocenters. The molecule has 2 aromatic carbocycles. The first-order chi connectivity index (χ1) is 23.4. The molecule has 0 radical (unpaired) electrons. The minimum atomic E-state index is -0.294. The van der Waals surface area contributed by atoms with Gasteiger partial charge in [0, 0.05) is 59.7 Å². The van der Waals surface area contributed by atoms with Gasteiger partial charge in [-0.25, -0.2) is 14.5 Å². The van der Waals surface area contributed by atoms with Crippen molar-refractivity contribution in [3.63, 3.8) is 0 Å². The van der Waals surface area contributed by atoms with Crippen molar-refractivity contribution in [3.8, 4) is 22.6 Å². The molecule has 248 valence electrons. The van der Waals surface area contributed by atoms with Crippen molar-refractivity contribution in [2.24, 2.45) is 0 Å². The number of nitrogens with one attached hydrogen (secondary N) is 2. The fraction of sp³-hybridized carbons (Fsp3) is 0.314. The number of methoxy groups -OCH3 is 2. The highest BCUT2D eigenvalue weighted by Crippen LogP contribution is 2.47. The molecule has 2 saturated heterocycles. The molecule has 2 N–H and O–H groups in total. The second-order valence-electron chi connectivity index (χ2n) is 12.0. The third kappa shape index (κ3) is 5.98. The fourth-order valence-corrected chi connectivity index (χ4v) is 7.51. The van der Waals surface area contributed by atoms with Crippen LogP contribution in [0.5, 0.6) is 11.5 Å². The van der Waals surface area contributed by atoms with E-state index >= 15 is 0 Å². The van der Waals surface area contributed by atoms with Crippen molar-refractivity contribution in [1.29, 1.82) is 0 Å². The fourth-order valence-electron chi connectivity index (χ4n) is 6.80. The summed E-state index contributed by atoms with van der Waals surface area (Å²) in [5.74, 6) is 1.10. The maximum Gasteiger partial charge on any atom is 0.247 e. The van der Waals surface area contributed by atoms with Gasteiger partial charge >= 0.3 is 0 Å². The number of benzene rings is 2. The number of anilines is 4. The van der Waals surface area contributed by atoms with Crippen LogP contribution in [0.25, 0.3) is 27.7 Å². The second kappa shape index (κ2) is 13.5. The molecule has 0 spiro atoms. The highest BCUT2D eigenvalue weighted by Gasteiger charge is 2.27. The van der Waals surface area contributed by atoms with Gasteiger partial charge in [-0.05, 0) is 69.1 Å². The molecule has 11 nitrogen and oxygen atoms in total. The molecule has 7 rings (SSSR count). The lowest BCUT2D eigenvalue weighted by Crippen LogP contribution is -2.43. The Morgan fingerprint density at radius 1 is 0.958 bits per heavy atom. The number of hydrogen-bond donors (Lipinski definition) is 2. The van der Waals surface area contributed by atoms with Crippen LogP contribution in [0.4, 0.5) is 22.9 Å². The number of carbonyl (C=O) groups is 1. The largest absolute Gasteiger partial charge is 0.495 e. The van der Waals surface area contributed by atoms with Crippen LogP contribution in [0, 0.1) is 0 Å². The number of likely N-dealkylation sites (tertiary alicyclic amines) is 1. The zero-order chi connectivity index (χ0) is 33.4. The number of halogens is 2. The minimum absolute atomic E-state index is 0.294. The van der Waals surface area contributed by atoms with Gasteiger partial charge in [0.1, 0.15) is 23.6 Å². The first-order valence-corrected chi connectivity index (χ1v) is 16.7. The molecule has 0 aliphatic carbocycles. The molecule has 2 aliphatic rings. The minimum Gasteiger partial charge on any atom is -0.495 e. The number of hydrogen-bond acceptors (Lipinski definition) is 9. The summed E-state index contributed by atoms with van der Waals surface area (Å²) in [5, 5.41) is 12.3. The Hall–Kier alpha value is -4.58. The van der Waals surface area contributed by atoms with Gasteiger partial charge in [0.05, 0.1) is 41.2 Å². The van der Waals surface area contributed by atoms with Gasteiger partial charge in [0.2, 0.25) is 5.91 Å². The number of piperidine rings is 1. The first-order valence-electron chi connectivity index (χ1n) is 15.9.